The molecule has 2 aromatic carbocycles. The van der Waals surface area contributed by atoms with Crippen LogP contribution in [-0.4, -0.2) is 4.98 Å². The fraction of sp³-hybridized carbons (Fsp3) is 0.571. The van der Waals surface area contributed by atoms with E-state index in [1.807, 2.05) is 0 Å². The minimum absolute atomic E-state index is 0.0146. The lowest BCUT2D eigenvalue weighted by atomic mass is 9.66. The molecule has 1 aromatic heterocycles. The second-order valence-electron chi connectivity index (χ2n) is 11.4. The number of nitrogens with zero attached hydrogens (tertiary/aromatic N) is 1. The summed E-state index contributed by atoms with van der Waals surface area (Å²) in [6.45, 7) is 8.24. The summed E-state index contributed by atoms with van der Waals surface area (Å²) in [5.74, 6) is 1.86. The number of nitrogens with one attached hydrogen (secondary N) is 1. The molecule has 37 heavy (non-hydrogen) atoms. The number of rotatable bonds is 19. The SMILES string of the molecule is CCCCCCCCCC[n+]1cc[nH]c1C(CCCCCC)C(C)(Cc1ccccc1)c1ccccc1. The molecule has 202 valence electrons. The van der Waals surface area contributed by atoms with Gasteiger partial charge in [0.05, 0.1) is 12.5 Å². The maximum absolute atomic E-state index is 3.75. The first-order valence-electron chi connectivity index (χ1n) is 15.3. The quantitative estimate of drug-likeness (QED) is 0.125. The Balaban J connectivity index is 1.81. The maximum Gasteiger partial charge on any atom is 0.258 e. The van der Waals surface area contributed by atoms with Gasteiger partial charge in [-0.1, -0.05) is 146 Å². The normalized spacial score (nSPS) is 13.9. The van der Waals surface area contributed by atoms with Crippen molar-refractivity contribution in [1.82, 2.24) is 4.98 Å². The third kappa shape index (κ3) is 9.16. The van der Waals surface area contributed by atoms with Crippen molar-refractivity contribution in [2.45, 2.75) is 129 Å². The first-order chi connectivity index (χ1) is 18.2. The molecule has 2 heteroatoms. The van der Waals surface area contributed by atoms with Crippen LogP contribution in [0.5, 0.6) is 0 Å². The van der Waals surface area contributed by atoms with Crippen molar-refractivity contribution < 1.29 is 4.57 Å². The van der Waals surface area contributed by atoms with E-state index in [0.717, 1.165) is 13.0 Å². The van der Waals surface area contributed by atoms with Gasteiger partial charge in [-0.2, -0.15) is 0 Å². The van der Waals surface area contributed by atoms with Gasteiger partial charge in [-0.15, -0.1) is 0 Å². The molecule has 2 unspecified atom stereocenters. The zero-order valence-corrected chi connectivity index (χ0v) is 24.1. The number of H-pyrrole nitrogens is 1. The third-order valence-electron chi connectivity index (χ3n) is 8.34. The molecule has 1 heterocycles. The Morgan fingerprint density at radius 1 is 0.703 bits per heavy atom. The first kappa shape index (κ1) is 29.2. The zero-order valence-electron chi connectivity index (χ0n) is 24.1. The highest BCUT2D eigenvalue weighted by atomic mass is 15.1. The van der Waals surface area contributed by atoms with Crippen molar-refractivity contribution in [2.75, 3.05) is 0 Å². The molecule has 3 aromatic rings. The van der Waals surface area contributed by atoms with Crippen LogP contribution in [0.15, 0.2) is 73.1 Å². The highest BCUT2D eigenvalue weighted by molar-refractivity contribution is 5.32. The Kier molecular flexibility index (Phi) is 13.0. The second kappa shape index (κ2) is 16.5. The molecule has 0 fully saturated rings. The molecule has 0 spiro atoms. The zero-order chi connectivity index (χ0) is 26.2. The van der Waals surface area contributed by atoms with Crippen molar-refractivity contribution in [3.05, 3.63) is 90.0 Å². The lowest BCUT2D eigenvalue weighted by molar-refractivity contribution is -0.705. The van der Waals surface area contributed by atoms with Gasteiger partial charge < -0.3 is 0 Å². The van der Waals surface area contributed by atoms with Crippen LogP contribution in [0.4, 0.5) is 0 Å². The van der Waals surface area contributed by atoms with Gasteiger partial charge in [-0.25, -0.2) is 9.55 Å². The number of unbranched alkanes of at least 4 members (excludes halogenated alkanes) is 10. The van der Waals surface area contributed by atoms with Crippen LogP contribution in [0, 0.1) is 0 Å². The van der Waals surface area contributed by atoms with E-state index < -0.39 is 0 Å². The van der Waals surface area contributed by atoms with Crippen molar-refractivity contribution in [3.63, 3.8) is 0 Å². The van der Waals surface area contributed by atoms with Gasteiger partial charge in [0.15, 0.2) is 0 Å². The summed E-state index contributed by atoms with van der Waals surface area (Å²) in [5, 5.41) is 0. The van der Waals surface area contributed by atoms with E-state index in [1.165, 1.54) is 100 Å². The van der Waals surface area contributed by atoms with E-state index >= 15 is 0 Å². The third-order valence-corrected chi connectivity index (χ3v) is 8.34. The summed E-state index contributed by atoms with van der Waals surface area (Å²) >= 11 is 0. The summed E-state index contributed by atoms with van der Waals surface area (Å²) in [4.78, 5) is 3.75. The molecule has 1 N–H and O–H groups in total. The van der Waals surface area contributed by atoms with Crippen molar-refractivity contribution >= 4 is 0 Å². The smallest absolute Gasteiger partial charge is 0.247 e. The first-order valence-corrected chi connectivity index (χ1v) is 15.3. The Hall–Kier alpha value is -2.35. The van der Waals surface area contributed by atoms with Crippen LogP contribution in [0.1, 0.15) is 127 Å². The molecule has 0 saturated carbocycles. The Bertz CT molecular complexity index is 961. The van der Waals surface area contributed by atoms with Gasteiger partial charge in [0.1, 0.15) is 12.4 Å². The second-order valence-corrected chi connectivity index (χ2v) is 11.4. The summed E-state index contributed by atoms with van der Waals surface area (Å²) < 4.78 is 2.55. The monoisotopic (exact) mass is 501 g/mol. The summed E-state index contributed by atoms with van der Waals surface area (Å²) in [5.41, 5.74) is 2.89. The number of benzene rings is 2. The molecular formula is C35H53N2+. The highest BCUT2D eigenvalue weighted by Crippen LogP contribution is 2.43. The van der Waals surface area contributed by atoms with Crippen LogP contribution in [0.2, 0.25) is 0 Å². The molecule has 0 saturated heterocycles. The average molecular weight is 502 g/mol. The van der Waals surface area contributed by atoms with Crippen molar-refractivity contribution in [1.29, 1.82) is 0 Å². The van der Waals surface area contributed by atoms with E-state index in [2.05, 4.69) is 103 Å². The number of hydrogen-bond acceptors (Lipinski definition) is 0. The summed E-state index contributed by atoms with van der Waals surface area (Å²) in [6.07, 6.45) is 22.9. The Morgan fingerprint density at radius 2 is 1.27 bits per heavy atom. The lowest BCUT2D eigenvalue weighted by Crippen LogP contribution is -2.43. The molecule has 2 nitrogen and oxygen atoms in total. The Morgan fingerprint density at radius 3 is 1.92 bits per heavy atom. The number of hydrogen-bond donors (Lipinski definition) is 1. The van der Waals surface area contributed by atoms with Crippen LogP contribution >= 0.6 is 0 Å². The fourth-order valence-corrected chi connectivity index (χ4v) is 6.09. The van der Waals surface area contributed by atoms with Gasteiger partial charge in [-0.05, 0) is 36.8 Å². The van der Waals surface area contributed by atoms with Gasteiger partial charge in [0.2, 0.25) is 0 Å². The maximum atomic E-state index is 3.75. The molecule has 3 rings (SSSR count). The van der Waals surface area contributed by atoms with E-state index in [9.17, 15) is 0 Å². The van der Waals surface area contributed by atoms with Gasteiger partial charge in [-0.3, -0.25) is 0 Å². The lowest BCUT2D eigenvalue weighted by Gasteiger charge is -2.37. The van der Waals surface area contributed by atoms with Crippen LogP contribution in [0.3, 0.4) is 0 Å². The largest absolute Gasteiger partial charge is 0.258 e. The number of aromatic amines is 1. The molecule has 0 aliphatic carbocycles. The number of imidazole rings is 1. The Labute approximate surface area is 227 Å². The predicted octanol–water partition coefficient (Wildman–Crippen LogP) is 9.70. The van der Waals surface area contributed by atoms with Crippen LogP contribution in [-0.2, 0) is 18.4 Å². The molecule has 0 aliphatic heterocycles. The standard InChI is InChI=1S/C35H52N2/c1-4-6-8-10-11-12-13-21-28-37-29-27-36-34(37)33(26-20-9-7-5-2)35(3,32-24-18-15-19-25-32)30-31-22-16-14-17-23-31/h14-19,22-25,27,29,33H,4-13,20-21,26,28,30H2,1-3H3/p+1. The minimum atomic E-state index is 0.0146. The van der Waals surface area contributed by atoms with Crippen LogP contribution in [0.25, 0.3) is 0 Å². The van der Waals surface area contributed by atoms with E-state index in [4.69, 9.17) is 0 Å². The molecule has 0 amide bonds. The molecule has 0 bridgehead atoms. The topological polar surface area (TPSA) is 19.7 Å². The minimum Gasteiger partial charge on any atom is -0.247 e. The van der Waals surface area contributed by atoms with Crippen molar-refractivity contribution in [2.24, 2.45) is 0 Å². The summed E-state index contributed by atoms with van der Waals surface area (Å²) in [6, 6.07) is 22.4. The molecular weight excluding hydrogens is 448 g/mol. The average Bonchev–Trinajstić information content (AvgIpc) is 3.39. The van der Waals surface area contributed by atoms with Gasteiger partial charge in [0.25, 0.3) is 5.82 Å². The molecule has 0 aliphatic rings. The van der Waals surface area contributed by atoms with Gasteiger partial charge >= 0.3 is 0 Å². The van der Waals surface area contributed by atoms with E-state index in [1.54, 1.807) is 0 Å². The van der Waals surface area contributed by atoms with Crippen LogP contribution < -0.4 is 4.57 Å². The van der Waals surface area contributed by atoms with Gasteiger partial charge in [0, 0.05) is 5.41 Å². The summed E-state index contributed by atoms with van der Waals surface area (Å²) in [7, 11) is 0. The predicted molar refractivity (Wildman–Crippen MR) is 159 cm³/mol. The van der Waals surface area contributed by atoms with E-state index in [-0.39, 0.29) is 5.41 Å². The van der Waals surface area contributed by atoms with Crippen molar-refractivity contribution in [3.8, 4) is 0 Å². The number of aromatic nitrogens is 2. The fourth-order valence-electron chi connectivity index (χ4n) is 6.09. The molecule has 2 atom stereocenters. The van der Waals surface area contributed by atoms with E-state index in [0.29, 0.717) is 5.92 Å². The highest BCUT2D eigenvalue weighted by Gasteiger charge is 2.41. The molecule has 0 radical (unpaired) electrons. The number of aryl methyl sites for hydroxylation is 1.